The van der Waals surface area contributed by atoms with E-state index in [-0.39, 0.29) is 11.3 Å². The standard InChI is InChI=1S/C31H48N2O2/c1-6-14-31(35)17-16-28(3)23(18-31)11-12-24-25-9-8-10-27(29(25,4)15-13-26(24)28)30(5,34)21-33-20-22(7-2)19-32-33/h2,19-20,23-27,34-35H,6,8-18,21H2,1,3-5H3/t23-,24-,25-,26-,27-,28-,29-,30+,31+/m0/s1. The van der Waals surface area contributed by atoms with Crippen LogP contribution in [0.15, 0.2) is 12.4 Å². The minimum Gasteiger partial charge on any atom is -0.390 e. The molecule has 4 heteroatoms. The monoisotopic (exact) mass is 480 g/mol. The number of aliphatic hydroxyl groups is 2. The molecular formula is C31H48N2O2. The maximum atomic E-state index is 11.9. The summed E-state index contributed by atoms with van der Waals surface area (Å²) in [4.78, 5) is 0. The van der Waals surface area contributed by atoms with E-state index in [0.29, 0.717) is 23.8 Å². The fourth-order valence-corrected chi connectivity index (χ4v) is 10.2. The van der Waals surface area contributed by atoms with Crippen molar-refractivity contribution in [3.05, 3.63) is 18.0 Å². The second-order valence-corrected chi connectivity index (χ2v) is 13.8. The van der Waals surface area contributed by atoms with Gasteiger partial charge in [-0.25, -0.2) is 0 Å². The molecule has 0 amide bonds. The molecule has 5 rings (SSSR count). The molecule has 4 nitrogen and oxygen atoms in total. The molecule has 1 aromatic rings. The van der Waals surface area contributed by atoms with Crippen LogP contribution in [-0.2, 0) is 6.54 Å². The van der Waals surface area contributed by atoms with E-state index in [9.17, 15) is 10.2 Å². The summed E-state index contributed by atoms with van der Waals surface area (Å²) in [5.41, 5.74) is 0.0971. The zero-order valence-electron chi connectivity index (χ0n) is 22.6. The molecule has 0 unspecified atom stereocenters. The second kappa shape index (κ2) is 8.91. The number of hydrogen-bond acceptors (Lipinski definition) is 3. The van der Waals surface area contributed by atoms with E-state index in [2.05, 4.69) is 31.8 Å². The van der Waals surface area contributed by atoms with E-state index >= 15 is 0 Å². The van der Waals surface area contributed by atoms with Crippen LogP contribution in [0.4, 0.5) is 0 Å². The van der Waals surface area contributed by atoms with E-state index in [4.69, 9.17) is 6.42 Å². The van der Waals surface area contributed by atoms with Gasteiger partial charge in [-0.05, 0) is 112 Å². The number of terminal acetylenes is 1. The van der Waals surface area contributed by atoms with Crippen molar-refractivity contribution in [2.75, 3.05) is 0 Å². The summed E-state index contributed by atoms with van der Waals surface area (Å²) < 4.78 is 1.85. The molecule has 0 bridgehead atoms. The number of rotatable bonds is 5. The van der Waals surface area contributed by atoms with Crippen molar-refractivity contribution in [2.45, 2.75) is 122 Å². The molecule has 0 saturated heterocycles. The van der Waals surface area contributed by atoms with E-state index in [1.54, 1.807) is 6.20 Å². The molecule has 9 atom stereocenters. The maximum absolute atomic E-state index is 11.9. The first kappa shape index (κ1) is 25.3. The van der Waals surface area contributed by atoms with Gasteiger partial charge in [-0.2, -0.15) is 5.10 Å². The first-order valence-corrected chi connectivity index (χ1v) is 14.5. The van der Waals surface area contributed by atoms with Gasteiger partial charge in [0.15, 0.2) is 0 Å². The smallest absolute Gasteiger partial charge is 0.0848 e. The van der Waals surface area contributed by atoms with Crippen molar-refractivity contribution in [3.8, 4) is 12.3 Å². The summed E-state index contributed by atoms with van der Waals surface area (Å²) >= 11 is 0. The molecule has 0 radical (unpaired) electrons. The highest BCUT2D eigenvalue weighted by molar-refractivity contribution is 5.26. The van der Waals surface area contributed by atoms with E-state index in [1.165, 1.54) is 44.9 Å². The Morgan fingerprint density at radius 2 is 1.89 bits per heavy atom. The molecular weight excluding hydrogens is 432 g/mol. The molecule has 0 aliphatic heterocycles. The Morgan fingerprint density at radius 1 is 1.11 bits per heavy atom. The summed E-state index contributed by atoms with van der Waals surface area (Å²) in [6.07, 6.45) is 23.1. The molecule has 1 aromatic heterocycles. The highest BCUT2D eigenvalue weighted by Gasteiger charge is 2.61. The van der Waals surface area contributed by atoms with Gasteiger partial charge in [-0.1, -0.05) is 39.5 Å². The third-order valence-electron chi connectivity index (χ3n) is 11.8. The van der Waals surface area contributed by atoms with Crippen LogP contribution in [-0.4, -0.2) is 31.2 Å². The molecule has 4 aliphatic rings. The molecule has 1 heterocycles. The Bertz CT molecular complexity index is 961. The summed E-state index contributed by atoms with van der Waals surface area (Å²) in [6.45, 7) is 9.85. The summed E-state index contributed by atoms with van der Waals surface area (Å²) in [6, 6.07) is 0. The van der Waals surface area contributed by atoms with Gasteiger partial charge in [0, 0.05) is 6.20 Å². The lowest BCUT2D eigenvalue weighted by molar-refractivity contribution is -0.192. The summed E-state index contributed by atoms with van der Waals surface area (Å²) in [5, 5.41) is 27.6. The summed E-state index contributed by atoms with van der Waals surface area (Å²) in [7, 11) is 0. The lowest BCUT2D eigenvalue weighted by atomic mass is 9.40. The highest BCUT2D eigenvalue weighted by Crippen LogP contribution is 2.68. The minimum absolute atomic E-state index is 0.172. The van der Waals surface area contributed by atoms with Crippen molar-refractivity contribution in [1.82, 2.24) is 9.78 Å². The summed E-state index contributed by atoms with van der Waals surface area (Å²) in [5.74, 6) is 5.84. The van der Waals surface area contributed by atoms with Gasteiger partial charge in [0.05, 0.1) is 29.5 Å². The zero-order chi connectivity index (χ0) is 25.1. The van der Waals surface area contributed by atoms with Crippen molar-refractivity contribution >= 4 is 0 Å². The maximum Gasteiger partial charge on any atom is 0.0848 e. The SMILES string of the molecule is C#Cc1cnn(C[C@@](C)(O)[C@H]2CCC[C@H]3[C@@H]4CC[C@H]5C[C@@](O)(CCC)CC[C@]5(C)[C@H]4CC[C@@]32C)c1. The van der Waals surface area contributed by atoms with Crippen LogP contribution in [0, 0.1) is 52.8 Å². The van der Waals surface area contributed by atoms with Crippen molar-refractivity contribution in [3.63, 3.8) is 0 Å². The molecule has 4 saturated carbocycles. The van der Waals surface area contributed by atoms with Gasteiger partial charge < -0.3 is 10.2 Å². The Kier molecular flexibility index (Phi) is 6.45. The average molecular weight is 481 g/mol. The molecule has 0 aromatic carbocycles. The minimum atomic E-state index is -0.805. The van der Waals surface area contributed by atoms with Crippen LogP contribution in [0.5, 0.6) is 0 Å². The predicted molar refractivity (Wildman–Crippen MR) is 140 cm³/mol. The zero-order valence-corrected chi connectivity index (χ0v) is 22.6. The van der Waals surface area contributed by atoms with Gasteiger partial charge in [0.1, 0.15) is 0 Å². The van der Waals surface area contributed by atoms with Crippen LogP contribution < -0.4 is 0 Å². The van der Waals surface area contributed by atoms with Crippen molar-refractivity contribution in [1.29, 1.82) is 0 Å². The third kappa shape index (κ3) is 4.19. The molecule has 2 N–H and O–H groups in total. The van der Waals surface area contributed by atoms with Gasteiger partial charge >= 0.3 is 0 Å². The van der Waals surface area contributed by atoms with Crippen LogP contribution in [0.1, 0.15) is 110 Å². The topological polar surface area (TPSA) is 58.3 Å². The first-order chi connectivity index (χ1) is 16.5. The normalized spacial score (nSPS) is 44.9. The Morgan fingerprint density at radius 3 is 2.60 bits per heavy atom. The van der Waals surface area contributed by atoms with Gasteiger partial charge in [0.2, 0.25) is 0 Å². The lowest BCUT2D eigenvalue weighted by Gasteiger charge is -2.65. The van der Waals surface area contributed by atoms with Crippen LogP contribution in [0.25, 0.3) is 0 Å². The molecule has 4 aliphatic carbocycles. The van der Waals surface area contributed by atoms with Crippen LogP contribution in [0.3, 0.4) is 0 Å². The molecule has 35 heavy (non-hydrogen) atoms. The quantitative estimate of drug-likeness (QED) is 0.494. The number of fused-ring (bicyclic) bond motifs is 5. The molecule has 194 valence electrons. The Balaban J connectivity index is 1.36. The van der Waals surface area contributed by atoms with Gasteiger partial charge in [0.25, 0.3) is 0 Å². The fourth-order valence-electron chi connectivity index (χ4n) is 10.2. The van der Waals surface area contributed by atoms with Gasteiger partial charge in [-0.15, -0.1) is 6.42 Å². The Hall–Kier alpha value is -1.31. The van der Waals surface area contributed by atoms with E-state index in [1.807, 2.05) is 17.8 Å². The Labute approximate surface area is 213 Å². The van der Waals surface area contributed by atoms with Crippen molar-refractivity contribution in [2.24, 2.45) is 40.4 Å². The fraction of sp³-hybridized carbons (Fsp3) is 0.839. The number of aromatic nitrogens is 2. The van der Waals surface area contributed by atoms with Crippen LogP contribution >= 0.6 is 0 Å². The number of nitrogens with zero attached hydrogens (tertiary/aromatic N) is 2. The largest absolute Gasteiger partial charge is 0.390 e. The van der Waals surface area contributed by atoms with E-state index < -0.39 is 11.2 Å². The molecule has 0 spiro atoms. The van der Waals surface area contributed by atoms with Gasteiger partial charge in [-0.3, -0.25) is 4.68 Å². The van der Waals surface area contributed by atoms with Crippen molar-refractivity contribution < 1.29 is 10.2 Å². The van der Waals surface area contributed by atoms with E-state index in [0.717, 1.165) is 49.5 Å². The highest BCUT2D eigenvalue weighted by atomic mass is 16.3. The predicted octanol–water partition coefficient (Wildman–Crippen LogP) is 6.20. The van der Waals surface area contributed by atoms with Crippen LogP contribution in [0.2, 0.25) is 0 Å². The molecule has 4 fully saturated rings. The number of hydrogen-bond donors (Lipinski definition) is 2. The first-order valence-electron chi connectivity index (χ1n) is 14.5. The lowest BCUT2D eigenvalue weighted by Crippen LogP contribution is -2.60. The second-order valence-electron chi connectivity index (χ2n) is 13.8. The average Bonchev–Trinajstić information content (AvgIpc) is 3.25. The third-order valence-corrected chi connectivity index (χ3v) is 11.8.